The third-order valence-electron chi connectivity index (χ3n) is 2.61. The fraction of sp³-hybridized carbons (Fsp3) is 0.385. The molecular formula is C13H17N3O3S. The maximum Gasteiger partial charge on any atom is 0.239 e. The number of nitrogens with one attached hydrogen (secondary N) is 1. The van der Waals surface area contributed by atoms with Gasteiger partial charge in [0.2, 0.25) is 15.9 Å². The molecule has 0 aliphatic heterocycles. The smallest absolute Gasteiger partial charge is 0.239 e. The average Bonchev–Trinajstić information content (AvgIpc) is 2.37. The van der Waals surface area contributed by atoms with Crippen LogP contribution in [0.1, 0.15) is 18.1 Å². The minimum atomic E-state index is -3.61. The van der Waals surface area contributed by atoms with Crippen molar-refractivity contribution < 1.29 is 13.2 Å². The first-order valence-electron chi connectivity index (χ1n) is 5.95. The Balaban J connectivity index is 2.75. The van der Waals surface area contributed by atoms with E-state index in [9.17, 15) is 13.2 Å². The van der Waals surface area contributed by atoms with Crippen molar-refractivity contribution in [3.63, 3.8) is 0 Å². The van der Waals surface area contributed by atoms with Crippen LogP contribution in [0, 0.1) is 11.3 Å². The van der Waals surface area contributed by atoms with Gasteiger partial charge in [-0.25, -0.2) is 13.1 Å². The van der Waals surface area contributed by atoms with Gasteiger partial charge in [0.25, 0.3) is 0 Å². The molecule has 1 unspecified atom stereocenters. The van der Waals surface area contributed by atoms with Crippen LogP contribution in [-0.4, -0.2) is 39.4 Å². The number of amides is 1. The van der Waals surface area contributed by atoms with Gasteiger partial charge in [-0.3, -0.25) is 4.79 Å². The minimum Gasteiger partial charge on any atom is -0.347 e. The van der Waals surface area contributed by atoms with Crippen LogP contribution >= 0.6 is 0 Å². The highest BCUT2D eigenvalue weighted by atomic mass is 32.2. The molecule has 1 aromatic rings. The maximum atomic E-state index is 11.9. The zero-order valence-corrected chi connectivity index (χ0v) is 12.4. The molecule has 20 heavy (non-hydrogen) atoms. The van der Waals surface area contributed by atoms with E-state index in [2.05, 4.69) is 4.72 Å². The van der Waals surface area contributed by atoms with Crippen LogP contribution in [0.2, 0.25) is 0 Å². The normalized spacial score (nSPS) is 12.5. The predicted octanol–water partition coefficient (Wildman–Crippen LogP) is 0.454. The molecule has 1 atom stereocenters. The lowest BCUT2D eigenvalue weighted by Crippen LogP contribution is -2.44. The van der Waals surface area contributed by atoms with Crippen LogP contribution in [0.4, 0.5) is 0 Å². The van der Waals surface area contributed by atoms with Crippen LogP contribution in [-0.2, 0) is 20.6 Å². The Morgan fingerprint density at radius 1 is 1.35 bits per heavy atom. The molecule has 0 heterocycles. The number of carbonyl (C=O) groups is 1. The summed E-state index contributed by atoms with van der Waals surface area (Å²) in [6.07, 6.45) is 0. The van der Waals surface area contributed by atoms with E-state index in [4.69, 9.17) is 5.26 Å². The van der Waals surface area contributed by atoms with E-state index < -0.39 is 16.1 Å². The summed E-state index contributed by atoms with van der Waals surface area (Å²) in [7, 11) is -0.486. The molecule has 7 heteroatoms. The van der Waals surface area contributed by atoms with Gasteiger partial charge >= 0.3 is 0 Å². The summed E-state index contributed by atoms with van der Waals surface area (Å²) in [5, 5.41) is 8.67. The Labute approximate surface area is 119 Å². The van der Waals surface area contributed by atoms with Gasteiger partial charge in [0.15, 0.2) is 0 Å². The number of hydrogen-bond donors (Lipinski definition) is 1. The Morgan fingerprint density at radius 3 is 2.35 bits per heavy atom. The number of nitriles is 1. The Bertz CT molecular complexity index is 615. The second-order valence-corrected chi connectivity index (χ2v) is 6.39. The molecule has 0 bridgehead atoms. The van der Waals surface area contributed by atoms with Crippen molar-refractivity contribution in [2.45, 2.75) is 18.7 Å². The van der Waals surface area contributed by atoms with Gasteiger partial charge in [0, 0.05) is 14.1 Å². The molecule has 0 radical (unpaired) electrons. The summed E-state index contributed by atoms with van der Waals surface area (Å²) in [6, 6.07) is 7.42. The van der Waals surface area contributed by atoms with Crippen molar-refractivity contribution in [2.75, 3.05) is 14.1 Å². The molecule has 0 aliphatic rings. The molecule has 0 saturated heterocycles. The number of hydrogen-bond acceptors (Lipinski definition) is 4. The van der Waals surface area contributed by atoms with Crippen molar-refractivity contribution in [2.24, 2.45) is 0 Å². The summed E-state index contributed by atoms with van der Waals surface area (Å²) in [5.74, 6) is -0.544. The highest BCUT2D eigenvalue weighted by Gasteiger charge is 2.21. The standard InChI is InChI=1S/C13H17N3O3S/c1-10(13(17)16(2)3)15-20(18,19)9-12-6-4-11(8-14)5-7-12/h4-7,10,15H,9H2,1-3H3. The molecular weight excluding hydrogens is 278 g/mol. The van der Waals surface area contributed by atoms with Crippen molar-refractivity contribution in [3.05, 3.63) is 35.4 Å². The molecule has 6 nitrogen and oxygen atoms in total. The Kier molecular flexibility index (Phi) is 5.25. The van der Waals surface area contributed by atoms with Crippen LogP contribution in [0.15, 0.2) is 24.3 Å². The number of sulfonamides is 1. The van der Waals surface area contributed by atoms with E-state index in [0.29, 0.717) is 11.1 Å². The van der Waals surface area contributed by atoms with Crippen molar-refractivity contribution >= 4 is 15.9 Å². The lowest BCUT2D eigenvalue weighted by atomic mass is 10.2. The third-order valence-corrected chi connectivity index (χ3v) is 4.03. The third kappa shape index (κ3) is 4.64. The molecule has 0 aromatic heterocycles. The van der Waals surface area contributed by atoms with Crippen molar-refractivity contribution in [1.29, 1.82) is 5.26 Å². The SMILES string of the molecule is CC(NS(=O)(=O)Cc1ccc(C#N)cc1)C(=O)N(C)C. The van der Waals surface area contributed by atoms with Gasteiger partial charge < -0.3 is 4.90 Å². The summed E-state index contributed by atoms with van der Waals surface area (Å²) >= 11 is 0. The molecule has 1 amide bonds. The van der Waals surface area contributed by atoms with E-state index in [0.717, 1.165) is 0 Å². The topological polar surface area (TPSA) is 90.3 Å². The van der Waals surface area contributed by atoms with Gasteiger partial charge in [-0.2, -0.15) is 5.26 Å². The summed E-state index contributed by atoms with van der Waals surface area (Å²) in [4.78, 5) is 12.9. The number of nitrogens with zero attached hydrogens (tertiary/aromatic N) is 2. The lowest BCUT2D eigenvalue weighted by Gasteiger charge is -2.18. The van der Waals surface area contributed by atoms with E-state index in [1.54, 1.807) is 38.4 Å². The largest absolute Gasteiger partial charge is 0.347 e. The zero-order valence-electron chi connectivity index (χ0n) is 11.6. The molecule has 1 N–H and O–H groups in total. The first-order chi connectivity index (χ1) is 9.25. The molecule has 0 aliphatic carbocycles. The van der Waals surface area contributed by atoms with Crippen molar-refractivity contribution in [3.8, 4) is 6.07 Å². The Hall–Kier alpha value is -1.91. The molecule has 1 aromatic carbocycles. The van der Waals surface area contributed by atoms with E-state index >= 15 is 0 Å². The van der Waals surface area contributed by atoms with Gasteiger partial charge in [-0.15, -0.1) is 0 Å². The maximum absolute atomic E-state index is 11.9. The summed E-state index contributed by atoms with van der Waals surface area (Å²) in [5.41, 5.74) is 1.02. The van der Waals surface area contributed by atoms with Crippen LogP contribution in [0.3, 0.4) is 0 Å². The van der Waals surface area contributed by atoms with E-state index in [-0.39, 0.29) is 11.7 Å². The molecule has 0 spiro atoms. The second-order valence-electron chi connectivity index (χ2n) is 4.64. The highest BCUT2D eigenvalue weighted by molar-refractivity contribution is 7.88. The van der Waals surface area contributed by atoms with Crippen LogP contribution in [0.25, 0.3) is 0 Å². The second kappa shape index (κ2) is 6.50. The Morgan fingerprint density at radius 2 is 1.90 bits per heavy atom. The van der Waals surface area contributed by atoms with E-state index in [1.807, 2.05) is 6.07 Å². The minimum absolute atomic E-state index is 0.232. The number of benzene rings is 1. The molecule has 108 valence electrons. The zero-order chi connectivity index (χ0) is 15.3. The predicted molar refractivity (Wildman–Crippen MR) is 75.1 cm³/mol. The molecule has 0 saturated carbocycles. The van der Waals surface area contributed by atoms with Gasteiger partial charge in [0.05, 0.1) is 23.4 Å². The van der Waals surface area contributed by atoms with Crippen LogP contribution in [0.5, 0.6) is 0 Å². The number of likely N-dealkylation sites (N-methyl/N-ethyl adjacent to an activating group) is 1. The monoisotopic (exact) mass is 295 g/mol. The number of rotatable bonds is 5. The average molecular weight is 295 g/mol. The fourth-order valence-corrected chi connectivity index (χ4v) is 3.00. The van der Waals surface area contributed by atoms with Gasteiger partial charge in [-0.1, -0.05) is 12.1 Å². The quantitative estimate of drug-likeness (QED) is 0.854. The summed E-state index contributed by atoms with van der Waals surface area (Å²) in [6.45, 7) is 1.50. The van der Waals surface area contributed by atoms with E-state index in [1.165, 1.54) is 11.8 Å². The fourth-order valence-electron chi connectivity index (χ4n) is 1.64. The highest BCUT2D eigenvalue weighted by Crippen LogP contribution is 2.08. The molecule has 1 rings (SSSR count). The first kappa shape index (κ1) is 16.1. The van der Waals surface area contributed by atoms with Crippen molar-refractivity contribution in [1.82, 2.24) is 9.62 Å². The molecule has 0 fully saturated rings. The van der Waals surface area contributed by atoms with Gasteiger partial charge in [0.1, 0.15) is 0 Å². The number of carbonyl (C=O) groups excluding carboxylic acids is 1. The van der Waals surface area contributed by atoms with Crippen LogP contribution < -0.4 is 4.72 Å². The lowest BCUT2D eigenvalue weighted by molar-refractivity contribution is -0.130. The first-order valence-corrected chi connectivity index (χ1v) is 7.60. The van der Waals surface area contributed by atoms with Gasteiger partial charge in [-0.05, 0) is 24.6 Å². The summed E-state index contributed by atoms with van der Waals surface area (Å²) < 4.78 is 26.2.